The molecule has 0 bridgehead atoms. The molecule has 1 aliphatic rings. The molecule has 1 aromatic carbocycles. The van der Waals surface area contributed by atoms with Gasteiger partial charge in [0.1, 0.15) is 0 Å². The first kappa shape index (κ1) is 11.6. The maximum Gasteiger partial charge on any atom is 0.190 e. The Kier molecular flexibility index (Phi) is 3.02. The fraction of sp³-hybridized carbons (Fsp3) is 0.267. The van der Waals surface area contributed by atoms with Crippen molar-refractivity contribution in [2.45, 2.75) is 25.9 Å². The fourth-order valence-corrected chi connectivity index (χ4v) is 3.34. The van der Waals surface area contributed by atoms with Crippen LogP contribution < -0.4 is 5.32 Å². The number of nitrogens with one attached hydrogen (secondary N) is 1. The van der Waals surface area contributed by atoms with Gasteiger partial charge in [0, 0.05) is 6.54 Å². The first-order chi connectivity index (χ1) is 8.75. The lowest BCUT2D eigenvalue weighted by atomic mass is 9.93. The lowest BCUT2D eigenvalue weighted by Crippen LogP contribution is -2.41. The van der Waals surface area contributed by atoms with Gasteiger partial charge in [-0.25, -0.2) is 0 Å². The van der Waals surface area contributed by atoms with Gasteiger partial charge in [0.05, 0.1) is 10.9 Å². The van der Waals surface area contributed by atoms with Gasteiger partial charge in [-0.1, -0.05) is 24.3 Å². The van der Waals surface area contributed by atoms with Crippen molar-refractivity contribution in [3.05, 3.63) is 57.3 Å². The Labute approximate surface area is 111 Å². The summed E-state index contributed by atoms with van der Waals surface area (Å²) in [6.45, 7) is 2.79. The minimum Gasteiger partial charge on any atom is -0.303 e. The van der Waals surface area contributed by atoms with Gasteiger partial charge in [0.25, 0.3) is 0 Å². The normalized spacial score (nSPS) is 18.4. The van der Waals surface area contributed by atoms with Crippen LogP contribution in [-0.4, -0.2) is 11.8 Å². The molecule has 18 heavy (non-hydrogen) atoms. The van der Waals surface area contributed by atoms with Crippen molar-refractivity contribution >= 4 is 17.1 Å². The Morgan fingerprint density at radius 2 is 2.06 bits per heavy atom. The predicted octanol–water partition coefficient (Wildman–Crippen LogP) is 2.95. The Morgan fingerprint density at radius 1 is 1.28 bits per heavy atom. The van der Waals surface area contributed by atoms with Crippen LogP contribution in [-0.2, 0) is 13.0 Å². The van der Waals surface area contributed by atoms with E-state index in [2.05, 4.69) is 17.4 Å². The molecule has 1 aliphatic heterocycles. The number of hydrogen-bond donors (Lipinski definition) is 1. The second-order valence-electron chi connectivity index (χ2n) is 4.70. The summed E-state index contributed by atoms with van der Waals surface area (Å²) in [4.78, 5) is 13.3. The van der Waals surface area contributed by atoms with Gasteiger partial charge in [-0.2, -0.15) is 0 Å². The molecule has 2 aromatic rings. The molecule has 1 aromatic heterocycles. The highest BCUT2D eigenvalue weighted by Gasteiger charge is 2.26. The van der Waals surface area contributed by atoms with Crippen LogP contribution in [0, 0.1) is 6.92 Å². The van der Waals surface area contributed by atoms with Crippen molar-refractivity contribution in [1.29, 1.82) is 0 Å². The molecule has 2 nitrogen and oxygen atoms in total. The van der Waals surface area contributed by atoms with Crippen LogP contribution >= 0.6 is 11.3 Å². The zero-order chi connectivity index (χ0) is 12.5. The van der Waals surface area contributed by atoms with Crippen LogP contribution in [0.3, 0.4) is 0 Å². The monoisotopic (exact) mass is 257 g/mol. The van der Waals surface area contributed by atoms with Crippen LogP contribution in [0.1, 0.15) is 26.4 Å². The standard InChI is InChI=1S/C15H15NOS/c1-10-6-7-18-15(10)14(17)13-8-11-4-2-3-5-12(11)9-16-13/h2-7,13,16H,8-9H2,1H3. The molecule has 0 amide bonds. The number of rotatable bonds is 2. The number of carbonyl (C=O) groups is 1. The van der Waals surface area contributed by atoms with E-state index in [1.54, 1.807) is 11.3 Å². The third kappa shape index (κ3) is 2.00. The Balaban J connectivity index is 1.84. The molecule has 0 radical (unpaired) electrons. The van der Waals surface area contributed by atoms with E-state index in [0.29, 0.717) is 0 Å². The van der Waals surface area contributed by atoms with E-state index < -0.39 is 0 Å². The molecule has 0 saturated heterocycles. The van der Waals surface area contributed by atoms with E-state index in [4.69, 9.17) is 0 Å². The summed E-state index contributed by atoms with van der Waals surface area (Å²) >= 11 is 1.54. The van der Waals surface area contributed by atoms with Gasteiger partial charge < -0.3 is 5.32 Å². The van der Waals surface area contributed by atoms with Crippen LogP contribution in [0.25, 0.3) is 0 Å². The summed E-state index contributed by atoms with van der Waals surface area (Å²) in [6.07, 6.45) is 0.798. The largest absolute Gasteiger partial charge is 0.303 e. The molecule has 3 rings (SSSR count). The highest BCUT2D eigenvalue weighted by Crippen LogP contribution is 2.22. The lowest BCUT2D eigenvalue weighted by molar-refractivity contribution is 0.0941. The highest BCUT2D eigenvalue weighted by atomic mass is 32.1. The summed E-state index contributed by atoms with van der Waals surface area (Å²) in [5.74, 6) is 0.233. The number of aryl methyl sites for hydroxylation is 1. The molecule has 1 N–H and O–H groups in total. The number of thiophene rings is 1. The molecule has 3 heteroatoms. The smallest absolute Gasteiger partial charge is 0.190 e. The highest BCUT2D eigenvalue weighted by molar-refractivity contribution is 7.12. The van der Waals surface area contributed by atoms with Gasteiger partial charge in [-0.05, 0) is 41.5 Å². The van der Waals surface area contributed by atoms with Crippen molar-refractivity contribution in [3.8, 4) is 0 Å². The minimum absolute atomic E-state index is 0.0720. The molecule has 92 valence electrons. The van der Waals surface area contributed by atoms with Crippen molar-refractivity contribution in [2.24, 2.45) is 0 Å². The molecular weight excluding hydrogens is 242 g/mol. The number of carbonyl (C=O) groups excluding carboxylic acids is 1. The molecule has 0 aliphatic carbocycles. The average molecular weight is 257 g/mol. The zero-order valence-corrected chi connectivity index (χ0v) is 11.1. The Hall–Kier alpha value is -1.45. The van der Waals surface area contributed by atoms with Gasteiger partial charge in [-0.15, -0.1) is 11.3 Å². The van der Waals surface area contributed by atoms with Crippen molar-refractivity contribution < 1.29 is 4.79 Å². The molecule has 0 fully saturated rings. The van der Waals surface area contributed by atoms with E-state index in [1.807, 2.05) is 30.5 Å². The molecule has 1 atom stereocenters. The van der Waals surface area contributed by atoms with E-state index >= 15 is 0 Å². The van der Waals surface area contributed by atoms with E-state index in [-0.39, 0.29) is 11.8 Å². The molecule has 0 saturated carbocycles. The number of benzene rings is 1. The first-order valence-corrected chi connectivity index (χ1v) is 7.02. The maximum atomic E-state index is 12.4. The minimum atomic E-state index is -0.0720. The first-order valence-electron chi connectivity index (χ1n) is 6.14. The third-order valence-corrected chi connectivity index (χ3v) is 4.51. The van der Waals surface area contributed by atoms with Gasteiger partial charge >= 0.3 is 0 Å². The Bertz CT molecular complexity index is 588. The molecular formula is C15H15NOS. The predicted molar refractivity (Wildman–Crippen MR) is 74.2 cm³/mol. The lowest BCUT2D eigenvalue weighted by Gasteiger charge is -2.24. The molecule has 1 unspecified atom stereocenters. The molecule has 0 spiro atoms. The third-order valence-electron chi connectivity index (χ3n) is 3.48. The number of Topliss-reactive ketones (excluding diaryl/α,β-unsaturated/α-hetero) is 1. The summed E-state index contributed by atoms with van der Waals surface area (Å²) < 4.78 is 0. The van der Waals surface area contributed by atoms with Crippen molar-refractivity contribution in [3.63, 3.8) is 0 Å². The number of ketones is 1. The fourth-order valence-electron chi connectivity index (χ4n) is 2.42. The SMILES string of the molecule is Cc1ccsc1C(=O)C1Cc2ccccc2CN1. The summed E-state index contributed by atoms with van der Waals surface area (Å²) in [5, 5.41) is 5.33. The van der Waals surface area contributed by atoms with Crippen LogP contribution in [0.4, 0.5) is 0 Å². The second-order valence-corrected chi connectivity index (χ2v) is 5.62. The van der Waals surface area contributed by atoms with Gasteiger partial charge in [-0.3, -0.25) is 4.79 Å². The van der Waals surface area contributed by atoms with E-state index in [9.17, 15) is 4.79 Å². The number of fused-ring (bicyclic) bond motifs is 1. The van der Waals surface area contributed by atoms with E-state index in [0.717, 1.165) is 23.4 Å². The summed E-state index contributed by atoms with van der Waals surface area (Å²) in [7, 11) is 0. The van der Waals surface area contributed by atoms with Crippen molar-refractivity contribution in [1.82, 2.24) is 5.32 Å². The van der Waals surface area contributed by atoms with Crippen molar-refractivity contribution in [2.75, 3.05) is 0 Å². The summed E-state index contributed by atoms with van der Waals surface area (Å²) in [6, 6.07) is 10.3. The number of hydrogen-bond acceptors (Lipinski definition) is 3. The topological polar surface area (TPSA) is 29.1 Å². The Morgan fingerprint density at radius 3 is 2.78 bits per heavy atom. The maximum absolute atomic E-state index is 12.4. The zero-order valence-electron chi connectivity index (χ0n) is 10.3. The van der Waals surface area contributed by atoms with Crippen LogP contribution in [0.5, 0.6) is 0 Å². The van der Waals surface area contributed by atoms with Gasteiger partial charge in [0.15, 0.2) is 5.78 Å². The quantitative estimate of drug-likeness (QED) is 0.838. The average Bonchev–Trinajstić information content (AvgIpc) is 2.83. The summed E-state index contributed by atoms with van der Waals surface area (Å²) in [5.41, 5.74) is 3.69. The second kappa shape index (κ2) is 4.67. The molecule has 2 heterocycles. The van der Waals surface area contributed by atoms with Crippen LogP contribution in [0.2, 0.25) is 0 Å². The van der Waals surface area contributed by atoms with Gasteiger partial charge in [0.2, 0.25) is 0 Å². The van der Waals surface area contributed by atoms with Crippen LogP contribution in [0.15, 0.2) is 35.7 Å². The van der Waals surface area contributed by atoms with E-state index in [1.165, 1.54) is 11.1 Å².